The fraction of sp³-hybridized carbons (Fsp3) is 0.462. The minimum atomic E-state index is -0.365. The molecule has 18 heavy (non-hydrogen) atoms. The number of hydrogen-bond acceptors (Lipinski definition) is 3. The molecule has 98 valence electrons. The third-order valence-corrected chi connectivity index (χ3v) is 3.36. The highest BCUT2D eigenvalue weighted by atomic mass is 19.1. The zero-order valence-corrected chi connectivity index (χ0v) is 10.4. The fourth-order valence-corrected chi connectivity index (χ4v) is 2.33. The molecule has 0 bridgehead atoms. The van der Waals surface area contributed by atoms with Gasteiger partial charge in [0.2, 0.25) is 0 Å². The summed E-state index contributed by atoms with van der Waals surface area (Å²) in [6, 6.07) is 4.42. The molecule has 1 heterocycles. The maximum atomic E-state index is 13.2. The topological polar surface area (TPSA) is 62.3 Å². The molecule has 1 aliphatic rings. The first kappa shape index (κ1) is 12.8. The van der Waals surface area contributed by atoms with Crippen LogP contribution in [0.15, 0.2) is 18.2 Å². The number of nitrogens with two attached hydrogens (primary N) is 1. The van der Waals surface area contributed by atoms with Crippen molar-refractivity contribution in [3.05, 3.63) is 29.6 Å². The van der Waals surface area contributed by atoms with Crippen LogP contribution >= 0.6 is 0 Å². The van der Waals surface area contributed by atoms with E-state index in [1.807, 2.05) is 0 Å². The van der Waals surface area contributed by atoms with Crippen molar-refractivity contribution in [2.75, 3.05) is 25.1 Å². The van der Waals surface area contributed by atoms with Crippen LogP contribution in [0.5, 0.6) is 0 Å². The Morgan fingerprint density at radius 3 is 2.67 bits per heavy atom. The number of halogens is 1. The van der Waals surface area contributed by atoms with Crippen LogP contribution in [-0.4, -0.2) is 32.1 Å². The molecular weight excluding hydrogens is 233 g/mol. The number of nitrogens with one attached hydrogen (secondary N) is 1. The highest BCUT2D eigenvalue weighted by Gasteiger charge is 2.21. The van der Waals surface area contributed by atoms with E-state index in [4.69, 9.17) is 15.9 Å². The average molecular weight is 251 g/mol. The van der Waals surface area contributed by atoms with Crippen LogP contribution in [0.2, 0.25) is 0 Å². The Morgan fingerprint density at radius 1 is 1.44 bits per heavy atom. The van der Waals surface area contributed by atoms with Crippen molar-refractivity contribution < 1.29 is 9.13 Å². The first-order chi connectivity index (χ1) is 8.61. The molecule has 1 saturated heterocycles. The van der Waals surface area contributed by atoms with Gasteiger partial charge in [0.25, 0.3) is 0 Å². The van der Waals surface area contributed by atoms with Crippen LogP contribution < -0.4 is 10.6 Å². The fourth-order valence-electron chi connectivity index (χ4n) is 2.33. The second-order valence-corrected chi connectivity index (χ2v) is 4.50. The molecule has 0 aliphatic carbocycles. The van der Waals surface area contributed by atoms with E-state index in [1.54, 1.807) is 13.2 Å². The van der Waals surface area contributed by atoms with Gasteiger partial charge in [0.15, 0.2) is 0 Å². The number of hydrogen-bond donors (Lipinski definition) is 2. The molecule has 0 aromatic heterocycles. The lowest BCUT2D eigenvalue weighted by Gasteiger charge is -2.34. The summed E-state index contributed by atoms with van der Waals surface area (Å²) in [5, 5.41) is 7.53. The normalized spacial score (nSPS) is 16.9. The van der Waals surface area contributed by atoms with Crippen molar-refractivity contribution in [3.8, 4) is 0 Å². The van der Waals surface area contributed by atoms with Crippen LogP contribution in [0.1, 0.15) is 18.4 Å². The number of amidine groups is 1. The van der Waals surface area contributed by atoms with Crippen LogP contribution in [0.25, 0.3) is 0 Å². The summed E-state index contributed by atoms with van der Waals surface area (Å²) >= 11 is 0. The number of piperidine rings is 1. The van der Waals surface area contributed by atoms with Crippen molar-refractivity contribution >= 4 is 11.5 Å². The number of nitrogens with zero attached hydrogens (tertiary/aromatic N) is 1. The van der Waals surface area contributed by atoms with Gasteiger partial charge in [-0.2, -0.15) is 0 Å². The molecule has 0 atom stereocenters. The van der Waals surface area contributed by atoms with Gasteiger partial charge >= 0.3 is 0 Å². The van der Waals surface area contributed by atoms with Crippen LogP contribution in [0.4, 0.5) is 10.1 Å². The molecule has 3 N–H and O–H groups in total. The Labute approximate surface area is 106 Å². The van der Waals surface area contributed by atoms with Crippen molar-refractivity contribution in [1.82, 2.24) is 0 Å². The summed E-state index contributed by atoms with van der Waals surface area (Å²) in [5.74, 6) is -0.464. The number of nitrogen functional groups attached to an aromatic ring is 1. The predicted molar refractivity (Wildman–Crippen MR) is 69.7 cm³/mol. The Kier molecular flexibility index (Phi) is 3.81. The molecule has 1 aliphatic heterocycles. The number of rotatable bonds is 3. The van der Waals surface area contributed by atoms with Gasteiger partial charge in [-0.25, -0.2) is 4.39 Å². The van der Waals surface area contributed by atoms with E-state index in [0.717, 1.165) is 31.6 Å². The molecule has 0 radical (unpaired) electrons. The molecule has 0 saturated carbocycles. The summed E-state index contributed by atoms with van der Waals surface area (Å²) in [4.78, 5) is 2.13. The third-order valence-electron chi connectivity index (χ3n) is 3.36. The Bertz CT molecular complexity index is 442. The molecule has 1 aromatic carbocycles. The predicted octanol–water partition coefficient (Wildman–Crippen LogP) is 1.72. The van der Waals surface area contributed by atoms with E-state index in [-0.39, 0.29) is 11.7 Å². The Balaban J connectivity index is 2.21. The number of benzene rings is 1. The molecule has 0 amide bonds. The molecule has 2 rings (SSSR count). The Morgan fingerprint density at radius 2 is 2.11 bits per heavy atom. The van der Waals surface area contributed by atoms with Gasteiger partial charge in [0.1, 0.15) is 11.7 Å². The van der Waals surface area contributed by atoms with Crippen molar-refractivity contribution in [2.45, 2.75) is 18.9 Å². The number of anilines is 1. The highest BCUT2D eigenvalue weighted by Crippen LogP contribution is 2.25. The van der Waals surface area contributed by atoms with Crippen LogP contribution in [-0.2, 0) is 4.74 Å². The van der Waals surface area contributed by atoms with Crippen molar-refractivity contribution in [2.24, 2.45) is 5.73 Å². The minimum Gasteiger partial charge on any atom is -0.384 e. The first-order valence-corrected chi connectivity index (χ1v) is 6.03. The Hall–Kier alpha value is -1.62. The van der Waals surface area contributed by atoms with Gasteiger partial charge in [-0.05, 0) is 31.0 Å². The summed E-state index contributed by atoms with van der Waals surface area (Å²) < 4.78 is 18.5. The quantitative estimate of drug-likeness (QED) is 0.635. The van der Waals surface area contributed by atoms with Gasteiger partial charge in [-0.15, -0.1) is 0 Å². The highest BCUT2D eigenvalue weighted by molar-refractivity contribution is 6.00. The lowest BCUT2D eigenvalue weighted by Crippen LogP contribution is -2.37. The summed E-state index contributed by atoms with van der Waals surface area (Å²) in [6.07, 6.45) is 2.17. The molecule has 1 fully saturated rings. The van der Waals surface area contributed by atoms with Gasteiger partial charge in [0.05, 0.1) is 6.10 Å². The summed E-state index contributed by atoms with van der Waals surface area (Å²) in [7, 11) is 1.72. The standard InChI is InChI=1S/C13H18FN3O/c1-18-10-4-6-17(7-5-10)12-3-2-9(14)8-11(12)13(15)16/h2-3,8,10H,4-7H2,1H3,(H3,15,16). The second kappa shape index (κ2) is 5.35. The summed E-state index contributed by atoms with van der Waals surface area (Å²) in [6.45, 7) is 1.68. The number of ether oxygens (including phenoxy) is 1. The minimum absolute atomic E-state index is 0.0987. The largest absolute Gasteiger partial charge is 0.384 e. The average Bonchev–Trinajstić information content (AvgIpc) is 2.39. The van der Waals surface area contributed by atoms with E-state index in [1.165, 1.54) is 12.1 Å². The van der Waals surface area contributed by atoms with Gasteiger partial charge in [0, 0.05) is 31.5 Å². The van der Waals surface area contributed by atoms with E-state index < -0.39 is 0 Å². The van der Waals surface area contributed by atoms with E-state index >= 15 is 0 Å². The van der Waals surface area contributed by atoms with E-state index in [2.05, 4.69) is 4.90 Å². The molecule has 0 spiro atoms. The van der Waals surface area contributed by atoms with Gasteiger partial charge in [-0.3, -0.25) is 5.41 Å². The van der Waals surface area contributed by atoms with Gasteiger partial charge < -0.3 is 15.4 Å². The molecule has 5 heteroatoms. The summed E-state index contributed by atoms with van der Waals surface area (Å²) in [5.41, 5.74) is 6.80. The zero-order valence-electron chi connectivity index (χ0n) is 10.4. The number of methoxy groups -OCH3 is 1. The monoisotopic (exact) mass is 251 g/mol. The molecule has 4 nitrogen and oxygen atoms in total. The van der Waals surface area contributed by atoms with Crippen LogP contribution in [0.3, 0.4) is 0 Å². The molecular formula is C13H18FN3O. The smallest absolute Gasteiger partial charge is 0.125 e. The maximum Gasteiger partial charge on any atom is 0.125 e. The first-order valence-electron chi connectivity index (χ1n) is 6.03. The van der Waals surface area contributed by atoms with Crippen molar-refractivity contribution in [3.63, 3.8) is 0 Å². The lowest BCUT2D eigenvalue weighted by molar-refractivity contribution is 0.0819. The second-order valence-electron chi connectivity index (χ2n) is 4.50. The molecule has 1 aromatic rings. The SMILES string of the molecule is COC1CCN(c2ccc(F)cc2C(=N)N)CC1. The van der Waals surface area contributed by atoms with E-state index in [0.29, 0.717) is 11.7 Å². The zero-order chi connectivity index (χ0) is 13.1. The van der Waals surface area contributed by atoms with Gasteiger partial charge in [-0.1, -0.05) is 0 Å². The van der Waals surface area contributed by atoms with Crippen molar-refractivity contribution in [1.29, 1.82) is 5.41 Å². The maximum absolute atomic E-state index is 13.2. The van der Waals surface area contributed by atoms with E-state index in [9.17, 15) is 4.39 Å². The third kappa shape index (κ3) is 2.61. The lowest BCUT2D eigenvalue weighted by atomic mass is 10.0. The molecule has 0 unspecified atom stereocenters. The van der Waals surface area contributed by atoms with Crippen LogP contribution in [0, 0.1) is 11.2 Å².